The van der Waals surface area contributed by atoms with E-state index in [0.717, 1.165) is 12.8 Å². The third kappa shape index (κ3) is 4.19. The standard InChI is InChI=1S/C15H23N3O3/c1-3-13(4-2)18(8-9-19)15(20)12-7-5-6-11(10-12)14(16)17-21/h5-7,10,13,19,21H,3-4,8-9H2,1-2H3,(H2,16,17). The van der Waals surface area contributed by atoms with Crippen LogP contribution in [-0.4, -0.2) is 46.1 Å². The van der Waals surface area contributed by atoms with Gasteiger partial charge in [0.15, 0.2) is 5.84 Å². The molecular formula is C15H23N3O3. The summed E-state index contributed by atoms with van der Waals surface area (Å²) in [6, 6.07) is 6.70. The fourth-order valence-corrected chi connectivity index (χ4v) is 2.32. The Morgan fingerprint density at radius 1 is 1.33 bits per heavy atom. The molecule has 6 nitrogen and oxygen atoms in total. The normalized spacial score (nSPS) is 11.7. The van der Waals surface area contributed by atoms with Crippen molar-refractivity contribution in [3.63, 3.8) is 0 Å². The summed E-state index contributed by atoms with van der Waals surface area (Å²) in [4.78, 5) is 14.3. The largest absolute Gasteiger partial charge is 0.409 e. The number of hydrogen-bond donors (Lipinski definition) is 3. The van der Waals surface area contributed by atoms with E-state index in [1.165, 1.54) is 0 Å². The second kappa shape index (κ2) is 8.26. The third-order valence-electron chi connectivity index (χ3n) is 3.50. The minimum Gasteiger partial charge on any atom is -0.409 e. The molecule has 0 aromatic heterocycles. The number of aliphatic hydroxyl groups excluding tert-OH is 1. The number of hydrogen-bond acceptors (Lipinski definition) is 4. The molecule has 0 atom stereocenters. The Bertz CT molecular complexity index is 499. The molecule has 1 rings (SSSR count). The molecule has 4 N–H and O–H groups in total. The van der Waals surface area contributed by atoms with E-state index >= 15 is 0 Å². The lowest BCUT2D eigenvalue weighted by molar-refractivity contribution is 0.0622. The lowest BCUT2D eigenvalue weighted by Gasteiger charge is -2.30. The average Bonchev–Trinajstić information content (AvgIpc) is 2.53. The molecule has 0 fully saturated rings. The Hall–Kier alpha value is -2.08. The summed E-state index contributed by atoms with van der Waals surface area (Å²) in [5.41, 5.74) is 6.49. The zero-order valence-corrected chi connectivity index (χ0v) is 12.5. The average molecular weight is 293 g/mol. The van der Waals surface area contributed by atoms with Gasteiger partial charge in [-0.15, -0.1) is 0 Å². The Labute approximate surface area is 124 Å². The van der Waals surface area contributed by atoms with Crippen LogP contribution in [0.25, 0.3) is 0 Å². The molecule has 21 heavy (non-hydrogen) atoms. The van der Waals surface area contributed by atoms with Crippen molar-refractivity contribution < 1.29 is 15.1 Å². The van der Waals surface area contributed by atoms with Gasteiger partial charge < -0.3 is 20.9 Å². The number of carbonyl (C=O) groups is 1. The fourth-order valence-electron chi connectivity index (χ4n) is 2.32. The molecule has 1 aromatic carbocycles. The molecule has 1 amide bonds. The highest BCUT2D eigenvalue weighted by Gasteiger charge is 2.22. The number of rotatable bonds is 7. The van der Waals surface area contributed by atoms with E-state index in [9.17, 15) is 9.90 Å². The lowest BCUT2D eigenvalue weighted by Crippen LogP contribution is -2.41. The number of amidine groups is 1. The smallest absolute Gasteiger partial charge is 0.254 e. The van der Waals surface area contributed by atoms with Gasteiger partial charge >= 0.3 is 0 Å². The Balaban J connectivity index is 3.09. The van der Waals surface area contributed by atoms with Gasteiger partial charge in [0.25, 0.3) is 5.91 Å². The molecule has 0 saturated carbocycles. The van der Waals surface area contributed by atoms with Crippen LogP contribution in [0.1, 0.15) is 42.6 Å². The van der Waals surface area contributed by atoms with E-state index < -0.39 is 0 Å². The predicted molar refractivity (Wildman–Crippen MR) is 81.4 cm³/mol. The number of oxime groups is 1. The Morgan fingerprint density at radius 3 is 2.48 bits per heavy atom. The number of amides is 1. The van der Waals surface area contributed by atoms with E-state index in [2.05, 4.69) is 5.16 Å². The molecule has 0 heterocycles. The molecule has 0 aliphatic rings. The second-order valence-electron chi connectivity index (χ2n) is 4.76. The van der Waals surface area contributed by atoms with E-state index in [1.807, 2.05) is 13.8 Å². The SMILES string of the molecule is CCC(CC)N(CCO)C(=O)c1cccc(C(N)=NO)c1. The topological polar surface area (TPSA) is 99.2 Å². The van der Waals surface area contributed by atoms with Crippen LogP contribution in [0, 0.1) is 0 Å². The molecule has 6 heteroatoms. The first-order chi connectivity index (χ1) is 10.1. The first-order valence-electron chi connectivity index (χ1n) is 7.08. The monoisotopic (exact) mass is 293 g/mol. The maximum atomic E-state index is 12.6. The summed E-state index contributed by atoms with van der Waals surface area (Å²) in [5.74, 6) is -0.203. The first-order valence-corrected chi connectivity index (χ1v) is 7.08. The molecule has 0 unspecified atom stereocenters. The van der Waals surface area contributed by atoms with Gasteiger partial charge in [0, 0.05) is 23.7 Å². The second-order valence-corrected chi connectivity index (χ2v) is 4.76. The molecule has 116 valence electrons. The van der Waals surface area contributed by atoms with Crippen molar-refractivity contribution in [2.24, 2.45) is 10.9 Å². The molecule has 0 spiro atoms. The van der Waals surface area contributed by atoms with Crippen molar-refractivity contribution in [3.8, 4) is 0 Å². The zero-order chi connectivity index (χ0) is 15.8. The zero-order valence-electron chi connectivity index (χ0n) is 12.5. The van der Waals surface area contributed by atoms with Crippen molar-refractivity contribution in [2.45, 2.75) is 32.7 Å². The third-order valence-corrected chi connectivity index (χ3v) is 3.50. The Kier molecular flexibility index (Phi) is 6.68. The number of aliphatic hydroxyl groups is 1. The lowest BCUT2D eigenvalue weighted by atomic mass is 10.1. The van der Waals surface area contributed by atoms with Gasteiger partial charge in [-0.25, -0.2) is 0 Å². The van der Waals surface area contributed by atoms with Crippen LogP contribution in [-0.2, 0) is 0 Å². The van der Waals surface area contributed by atoms with Gasteiger partial charge in [-0.2, -0.15) is 0 Å². The van der Waals surface area contributed by atoms with Crippen molar-refractivity contribution in [1.82, 2.24) is 4.90 Å². The fraction of sp³-hybridized carbons (Fsp3) is 0.467. The van der Waals surface area contributed by atoms with Gasteiger partial charge in [0.2, 0.25) is 0 Å². The molecular weight excluding hydrogens is 270 g/mol. The highest BCUT2D eigenvalue weighted by atomic mass is 16.4. The molecule has 0 radical (unpaired) electrons. The van der Waals surface area contributed by atoms with E-state index in [0.29, 0.717) is 17.7 Å². The summed E-state index contributed by atoms with van der Waals surface area (Å²) >= 11 is 0. The summed E-state index contributed by atoms with van der Waals surface area (Å²) in [6.45, 7) is 4.23. The minimum atomic E-state index is -0.162. The van der Waals surface area contributed by atoms with E-state index in [1.54, 1.807) is 29.2 Å². The van der Waals surface area contributed by atoms with Crippen LogP contribution < -0.4 is 5.73 Å². The van der Waals surface area contributed by atoms with Crippen molar-refractivity contribution in [1.29, 1.82) is 0 Å². The number of benzene rings is 1. The number of carbonyl (C=O) groups excluding carboxylic acids is 1. The van der Waals surface area contributed by atoms with Crippen LogP contribution in [0.2, 0.25) is 0 Å². The summed E-state index contributed by atoms with van der Waals surface area (Å²) in [6.07, 6.45) is 1.64. The van der Waals surface area contributed by atoms with Crippen LogP contribution in [0.3, 0.4) is 0 Å². The van der Waals surface area contributed by atoms with Crippen LogP contribution in [0.15, 0.2) is 29.4 Å². The maximum absolute atomic E-state index is 12.6. The van der Waals surface area contributed by atoms with Crippen LogP contribution in [0.5, 0.6) is 0 Å². The molecule has 0 aliphatic carbocycles. The first kappa shape index (κ1) is 17.0. The summed E-state index contributed by atoms with van der Waals surface area (Å²) in [7, 11) is 0. The van der Waals surface area contributed by atoms with Gasteiger partial charge in [0.05, 0.1) is 6.61 Å². The minimum absolute atomic E-state index is 0.0408. The molecule has 0 aliphatic heterocycles. The van der Waals surface area contributed by atoms with Gasteiger partial charge in [-0.1, -0.05) is 31.1 Å². The van der Waals surface area contributed by atoms with Crippen molar-refractivity contribution in [2.75, 3.05) is 13.2 Å². The highest BCUT2D eigenvalue weighted by molar-refractivity contribution is 6.01. The van der Waals surface area contributed by atoms with E-state index in [-0.39, 0.29) is 24.4 Å². The highest BCUT2D eigenvalue weighted by Crippen LogP contribution is 2.14. The molecule has 0 bridgehead atoms. The number of nitrogens with two attached hydrogens (primary N) is 1. The van der Waals surface area contributed by atoms with Gasteiger partial charge in [-0.3, -0.25) is 4.79 Å². The summed E-state index contributed by atoms with van der Waals surface area (Å²) in [5, 5.41) is 20.8. The van der Waals surface area contributed by atoms with Crippen molar-refractivity contribution >= 4 is 11.7 Å². The van der Waals surface area contributed by atoms with Crippen LogP contribution >= 0.6 is 0 Å². The predicted octanol–water partition coefficient (Wildman–Crippen LogP) is 1.40. The number of nitrogens with zero attached hydrogens (tertiary/aromatic N) is 2. The summed E-state index contributed by atoms with van der Waals surface area (Å²) < 4.78 is 0. The maximum Gasteiger partial charge on any atom is 0.254 e. The van der Waals surface area contributed by atoms with Crippen LogP contribution in [0.4, 0.5) is 0 Å². The molecule has 0 saturated heterocycles. The molecule has 1 aromatic rings. The van der Waals surface area contributed by atoms with E-state index in [4.69, 9.17) is 10.9 Å². The Morgan fingerprint density at radius 2 is 1.95 bits per heavy atom. The van der Waals surface area contributed by atoms with Crippen molar-refractivity contribution in [3.05, 3.63) is 35.4 Å². The van der Waals surface area contributed by atoms with Gasteiger partial charge in [-0.05, 0) is 25.0 Å². The quantitative estimate of drug-likeness (QED) is 0.306. The van der Waals surface area contributed by atoms with Gasteiger partial charge in [0.1, 0.15) is 0 Å².